The van der Waals surface area contributed by atoms with Crippen LogP contribution in [0.3, 0.4) is 0 Å². The van der Waals surface area contributed by atoms with Gasteiger partial charge < -0.3 is 0 Å². The van der Waals surface area contributed by atoms with Crippen LogP contribution in [0.5, 0.6) is 0 Å². The zero-order chi connectivity index (χ0) is 12.8. The van der Waals surface area contributed by atoms with E-state index in [1.165, 1.54) is 6.07 Å². The average molecular weight is 288 g/mol. The van der Waals surface area contributed by atoms with Crippen LogP contribution in [-0.2, 0) is 0 Å². The lowest BCUT2D eigenvalue weighted by Crippen LogP contribution is -2.04. The summed E-state index contributed by atoms with van der Waals surface area (Å²) in [6.45, 7) is 0. The molecule has 0 unspecified atom stereocenters. The summed E-state index contributed by atoms with van der Waals surface area (Å²) in [5.41, 5.74) is 0.479. The second-order valence-corrected chi connectivity index (χ2v) is 3.99. The molecule has 86 valence electrons. The molecule has 0 amide bonds. The number of rotatable bonds is 3. The first-order valence-corrected chi connectivity index (χ1v) is 5.42. The fourth-order valence-electron chi connectivity index (χ4n) is 0.887. The molecular formula is C10H5Cl3N4. The van der Waals surface area contributed by atoms with E-state index in [2.05, 4.69) is 5.10 Å². The van der Waals surface area contributed by atoms with Crippen LogP contribution in [0.15, 0.2) is 23.3 Å². The van der Waals surface area contributed by atoms with Crippen molar-refractivity contribution in [2.45, 2.75) is 0 Å². The van der Waals surface area contributed by atoms with Gasteiger partial charge in [-0.05, 0) is 18.2 Å². The van der Waals surface area contributed by atoms with Gasteiger partial charge in [0.15, 0.2) is 5.92 Å². The predicted molar refractivity (Wildman–Crippen MR) is 68.0 cm³/mol. The minimum absolute atomic E-state index is 0.335. The molecule has 0 saturated carbocycles. The van der Waals surface area contributed by atoms with Crippen LogP contribution in [0.1, 0.15) is 0 Å². The Balaban J connectivity index is 2.84. The lowest BCUT2D eigenvalue weighted by molar-refractivity contribution is 1.12. The van der Waals surface area contributed by atoms with E-state index in [0.717, 1.165) is 10.7 Å². The van der Waals surface area contributed by atoms with Crippen molar-refractivity contribution in [3.05, 3.63) is 28.2 Å². The molecule has 0 N–H and O–H groups in total. The molecule has 0 heterocycles. The van der Waals surface area contributed by atoms with Crippen LogP contribution < -0.4 is 4.53 Å². The molecule has 0 fully saturated rings. The van der Waals surface area contributed by atoms with Gasteiger partial charge in [0.25, 0.3) is 0 Å². The van der Waals surface area contributed by atoms with Crippen LogP contribution in [0, 0.1) is 28.6 Å². The van der Waals surface area contributed by atoms with Crippen molar-refractivity contribution in [2.24, 2.45) is 11.0 Å². The highest BCUT2D eigenvalue weighted by Gasteiger charge is 2.06. The van der Waals surface area contributed by atoms with Crippen LogP contribution in [0.4, 0.5) is 5.69 Å². The number of nitrogens with zero attached hydrogens (tertiary/aromatic N) is 4. The first-order chi connectivity index (χ1) is 8.08. The topological polar surface area (TPSA) is 63.2 Å². The Kier molecular flexibility index (Phi) is 5.06. The molecule has 17 heavy (non-hydrogen) atoms. The molecule has 0 aromatic heterocycles. The van der Waals surface area contributed by atoms with Crippen molar-refractivity contribution in [1.29, 1.82) is 10.5 Å². The molecule has 0 aliphatic carbocycles. The van der Waals surface area contributed by atoms with Gasteiger partial charge in [-0.15, -0.1) is 0 Å². The summed E-state index contributed by atoms with van der Waals surface area (Å²) in [6, 6.07) is 8.16. The number of anilines is 1. The summed E-state index contributed by atoms with van der Waals surface area (Å²) in [6.07, 6.45) is 1.13. The molecule has 0 atom stereocenters. The van der Waals surface area contributed by atoms with Crippen LogP contribution in [-0.4, -0.2) is 6.21 Å². The zero-order valence-corrected chi connectivity index (χ0v) is 10.6. The molecule has 0 radical (unpaired) electrons. The van der Waals surface area contributed by atoms with E-state index >= 15 is 0 Å². The van der Waals surface area contributed by atoms with E-state index in [-0.39, 0.29) is 0 Å². The highest BCUT2D eigenvalue weighted by atomic mass is 35.5. The summed E-state index contributed by atoms with van der Waals surface area (Å²) >= 11 is 17.3. The van der Waals surface area contributed by atoms with Crippen LogP contribution >= 0.6 is 35.0 Å². The van der Waals surface area contributed by atoms with Crippen molar-refractivity contribution in [3.8, 4) is 12.1 Å². The maximum atomic E-state index is 8.53. The zero-order valence-electron chi connectivity index (χ0n) is 8.31. The Morgan fingerprint density at radius 3 is 2.41 bits per heavy atom. The van der Waals surface area contributed by atoms with Crippen molar-refractivity contribution < 1.29 is 0 Å². The third kappa shape index (κ3) is 3.80. The van der Waals surface area contributed by atoms with E-state index in [9.17, 15) is 0 Å². The molecule has 0 spiro atoms. The standard InChI is InChI=1S/C10H5Cl3N4/c11-9-2-1-8(3-10(9)12)17(13)16-6-7(4-14)5-15/h1-3,6-7H. The Morgan fingerprint density at radius 1 is 1.24 bits per heavy atom. The van der Waals surface area contributed by atoms with Gasteiger partial charge in [-0.25, -0.2) is 0 Å². The highest BCUT2D eigenvalue weighted by Crippen LogP contribution is 2.28. The monoisotopic (exact) mass is 286 g/mol. The second kappa shape index (κ2) is 6.32. The van der Waals surface area contributed by atoms with Crippen molar-refractivity contribution in [3.63, 3.8) is 0 Å². The normalized spacial score (nSPS) is 10.2. The van der Waals surface area contributed by atoms with Gasteiger partial charge in [0.05, 0.1) is 34.1 Å². The summed E-state index contributed by atoms with van der Waals surface area (Å²) in [5, 5.41) is 21.5. The largest absolute Gasteiger partial charge is 0.196 e. The van der Waals surface area contributed by atoms with Gasteiger partial charge >= 0.3 is 0 Å². The van der Waals surface area contributed by atoms with Gasteiger partial charge in [0.2, 0.25) is 0 Å². The number of hydrazone groups is 1. The molecule has 1 rings (SSSR count). The molecule has 0 aliphatic rings. The average Bonchev–Trinajstić information content (AvgIpc) is 2.33. The molecule has 4 nitrogen and oxygen atoms in total. The third-order valence-electron chi connectivity index (χ3n) is 1.71. The predicted octanol–water partition coefficient (Wildman–Crippen LogP) is 3.60. The van der Waals surface area contributed by atoms with Gasteiger partial charge in [-0.1, -0.05) is 23.2 Å². The van der Waals surface area contributed by atoms with Gasteiger partial charge in [-0.2, -0.15) is 20.2 Å². The minimum atomic E-state index is -0.945. The number of halogens is 3. The quantitative estimate of drug-likeness (QED) is 0.485. The molecule has 1 aromatic carbocycles. The summed E-state index contributed by atoms with van der Waals surface area (Å²) < 4.78 is 0.976. The number of hydrogen-bond acceptors (Lipinski definition) is 4. The van der Waals surface area contributed by atoms with E-state index < -0.39 is 5.92 Å². The maximum Gasteiger partial charge on any atom is 0.170 e. The highest BCUT2D eigenvalue weighted by molar-refractivity contribution is 6.42. The lowest BCUT2D eigenvalue weighted by Gasteiger charge is -2.09. The smallest absolute Gasteiger partial charge is 0.170 e. The van der Waals surface area contributed by atoms with E-state index in [1.807, 2.05) is 0 Å². The van der Waals surface area contributed by atoms with E-state index in [4.69, 9.17) is 45.5 Å². The summed E-state index contributed by atoms with van der Waals surface area (Å²) in [4.78, 5) is 0. The molecule has 7 heteroatoms. The van der Waals surface area contributed by atoms with Gasteiger partial charge in [0.1, 0.15) is 0 Å². The fraction of sp³-hybridized carbons (Fsp3) is 0.100. The molecule has 1 aromatic rings. The fourth-order valence-corrected chi connectivity index (χ4v) is 1.34. The SMILES string of the molecule is N#CC(C#N)C=NN(Cl)c1ccc(Cl)c(Cl)c1. The molecular weight excluding hydrogens is 282 g/mol. The Labute approximate surface area is 113 Å². The van der Waals surface area contributed by atoms with E-state index in [0.29, 0.717) is 15.7 Å². The Hall–Kier alpha value is -1.46. The Bertz CT molecular complexity index is 501. The lowest BCUT2D eigenvalue weighted by atomic mass is 10.2. The third-order valence-corrected chi connectivity index (χ3v) is 2.73. The number of benzene rings is 1. The minimum Gasteiger partial charge on any atom is -0.196 e. The number of hydrogen-bond donors (Lipinski definition) is 0. The van der Waals surface area contributed by atoms with E-state index in [1.54, 1.807) is 24.3 Å². The number of nitriles is 2. The van der Waals surface area contributed by atoms with Gasteiger partial charge in [-0.3, -0.25) is 0 Å². The van der Waals surface area contributed by atoms with Crippen molar-refractivity contribution in [1.82, 2.24) is 0 Å². The molecule has 0 bridgehead atoms. The first-order valence-electron chi connectivity index (χ1n) is 4.32. The van der Waals surface area contributed by atoms with Gasteiger partial charge in [0, 0.05) is 11.8 Å². The van der Waals surface area contributed by atoms with Crippen LogP contribution in [0.25, 0.3) is 0 Å². The second-order valence-electron chi connectivity index (χ2n) is 2.86. The molecule has 0 saturated heterocycles. The first kappa shape index (κ1) is 13.6. The van der Waals surface area contributed by atoms with Crippen molar-refractivity contribution in [2.75, 3.05) is 4.53 Å². The summed E-state index contributed by atoms with van der Waals surface area (Å²) in [5.74, 6) is -0.945. The summed E-state index contributed by atoms with van der Waals surface area (Å²) in [7, 11) is 0. The Morgan fingerprint density at radius 2 is 1.88 bits per heavy atom. The van der Waals surface area contributed by atoms with Crippen molar-refractivity contribution >= 4 is 46.9 Å². The van der Waals surface area contributed by atoms with Crippen LogP contribution in [0.2, 0.25) is 10.0 Å². The molecule has 0 aliphatic heterocycles. The maximum absolute atomic E-state index is 8.53.